The Bertz CT molecular complexity index is 823. The smallest absolute Gasteiger partial charge is 0.344 e. The maximum atomic E-state index is 12.3. The van der Waals surface area contributed by atoms with Crippen molar-refractivity contribution in [1.82, 2.24) is 5.32 Å². The highest BCUT2D eigenvalue weighted by Crippen LogP contribution is 2.24. The van der Waals surface area contributed by atoms with Gasteiger partial charge in [0.15, 0.2) is 12.7 Å². The number of benzene rings is 2. The number of carbonyl (C=O) groups excluding carboxylic acids is 2. The number of amides is 1. The second-order valence-electron chi connectivity index (χ2n) is 7.81. The van der Waals surface area contributed by atoms with Crippen LogP contribution in [0.4, 0.5) is 11.4 Å². The third-order valence-corrected chi connectivity index (χ3v) is 5.39. The second-order valence-corrected chi connectivity index (χ2v) is 7.81. The first kappa shape index (κ1) is 21.7. The Morgan fingerprint density at radius 3 is 2.37 bits per heavy atom. The Labute approximate surface area is 178 Å². The summed E-state index contributed by atoms with van der Waals surface area (Å²) in [5.74, 6) is 0.186. The minimum atomic E-state index is -0.840. The van der Waals surface area contributed by atoms with Gasteiger partial charge in [0.25, 0.3) is 5.91 Å². The molecule has 1 aliphatic carbocycles. The summed E-state index contributed by atoms with van der Waals surface area (Å²) >= 11 is 0. The zero-order valence-corrected chi connectivity index (χ0v) is 17.6. The molecule has 2 aromatic rings. The summed E-state index contributed by atoms with van der Waals surface area (Å²) in [5.41, 5.74) is 1.91. The van der Waals surface area contributed by atoms with Crippen LogP contribution in [0.2, 0.25) is 0 Å². The van der Waals surface area contributed by atoms with E-state index in [1.807, 2.05) is 42.5 Å². The van der Waals surface area contributed by atoms with Crippen LogP contribution < -0.4 is 15.4 Å². The van der Waals surface area contributed by atoms with Gasteiger partial charge >= 0.3 is 5.97 Å². The topological polar surface area (TPSA) is 76.7 Å². The Hall–Kier alpha value is -3.02. The van der Waals surface area contributed by atoms with Crippen molar-refractivity contribution in [3.05, 3.63) is 54.6 Å². The van der Waals surface area contributed by atoms with Crippen LogP contribution in [0, 0.1) is 5.92 Å². The molecule has 2 aromatic carbocycles. The molecule has 2 N–H and O–H groups in total. The SMILES string of the molecule is C[C@@H]1CCCC[C@@H]1NC(=O)[C@@H](C)OC(=O)COc1ccc(Nc2ccccc2)cc1. The molecule has 1 fully saturated rings. The lowest BCUT2D eigenvalue weighted by Gasteiger charge is -2.30. The third-order valence-electron chi connectivity index (χ3n) is 5.39. The van der Waals surface area contributed by atoms with E-state index >= 15 is 0 Å². The molecule has 6 nitrogen and oxygen atoms in total. The van der Waals surface area contributed by atoms with Gasteiger partial charge in [-0.3, -0.25) is 4.79 Å². The molecule has 0 radical (unpaired) electrons. The fourth-order valence-corrected chi connectivity index (χ4v) is 3.58. The van der Waals surface area contributed by atoms with Gasteiger partial charge in [0.05, 0.1) is 0 Å². The molecule has 0 spiro atoms. The van der Waals surface area contributed by atoms with E-state index in [1.165, 1.54) is 6.42 Å². The van der Waals surface area contributed by atoms with Crippen LogP contribution in [-0.4, -0.2) is 30.6 Å². The number of hydrogen-bond acceptors (Lipinski definition) is 5. The molecule has 30 heavy (non-hydrogen) atoms. The normalized spacial score (nSPS) is 19.4. The highest BCUT2D eigenvalue weighted by molar-refractivity contribution is 5.84. The van der Waals surface area contributed by atoms with E-state index in [1.54, 1.807) is 19.1 Å². The number of para-hydroxylation sites is 1. The number of hydrogen-bond donors (Lipinski definition) is 2. The van der Waals surface area contributed by atoms with Crippen molar-refractivity contribution in [1.29, 1.82) is 0 Å². The van der Waals surface area contributed by atoms with Gasteiger partial charge in [-0.2, -0.15) is 0 Å². The molecule has 0 aromatic heterocycles. The minimum Gasteiger partial charge on any atom is -0.482 e. The fourth-order valence-electron chi connectivity index (χ4n) is 3.58. The summed E-state index contributed by atoms with van der Waals surface area (Å²) in [5, 5.41) is 6.29. The average Bonchev–Trinajstić information content (AvgIpc) is 2.75. The van der Waals surface area contributed by atoms with E-state index in [-0.39, 0.29) is 18.6 Å². The molecule has 3 atom stereocenters. The molecule has 1 saturated carbocycles. The third kappa shape index (κ3) is 6.51. The van der Waals surface area contributed by atoms with Gasteiger partial charge in [0, 0.05) is 17.4 Å². The lowest BCUT2D eigenvalue weighted by Crippen LogP contribution is -2.46. The van der Waals surface area contributed by atoms with E-state index in [2.05, 4.69) is 17.6 Å². The molecule has 160 valence electrons. The average molecular weight is 411 g/mol. The molecule has 0 unspecified atom stereocenters. The Kier molecular flexibility index (Phi) is 7.71. The number of nitrogens with one attached hydrogen (secondary N) is 2. The van der Waals surface area contributed by atoms with E-state index in [0.29, 0.717) is 11.7 Å². The Morgan fingerprint density at radius 1 is 1.00 bits per heavy atom. The van der Waals surface area contributed by atoms with Crippen LogP contribution in [-0.2, 0) is 14.3 Å². The van der Waals surface area contributed by atoms with Crippen molar-refractivity contribution in [3.63, 3.8) is 0 Å². The largest absolute Gasteiger partial charge is 0.482 e. The van der Waals surface area contributed by atoms with Crippen molar-refractivity contribution >= 4 is 23.3 Å². The zero-order chi connectivity index (χ0) is 21.3. The fraction of sp³-hybridized carbons (Fsp3) is 0.417. The summed E-state index contributed by atoms with van der Waals surface area (Å²) in [6, 6.07) is 17.3. The molecular formula is C24H30N2O4. The van der Waals surface area contributed by atoms with Crippen LogP contribution in [0.5, 0.6) is 5.75 Å². The van der Waals surface area contributed by atoms with Crippen LogP contribution in [0.3, 0.4) is 0 Å². The van der Waals surface area contributed by atoms with Crippen molar-refractivity contribution < 1.29 is 19.1 Å². The summed E-state index contributed by atoms with van der Waals surface area (Å²) < 4.78 is 10.7. The van der Waals surface area contributed by atoms with Gasteiger partial charge < -0.3 is 20.1 Å². The molecule has 6 heteroatoms. The van der Waals surface area contributed by atoms with E-state index in [9.17, 15) is 9.59 Å². The number of anilines is 2. The van der Waals surface area contributed by atoms with Crippen molar-refractivity contribution in [2.75, 3.05) is 11.9 Å². The molecule has 1 aliphatic rings. The van der Waals surface area contributed by atoms with Crippen LogP contribution in [0.25, 0.3) is 0 Å². The summed E-state index contributed by atoms with van der Waals surface area (Å²) in [6.45, 7) is 3.49. The maximum Gasteiger partial charge on any atom is 0.344 e. The minimum absolute atomic E-state index is 0.159. The van der Waals surface area contributed by atoms with Gasteiger partial charge in [-0.1, -0.05) is 38.0 Å². The monoisotopic (exact) mass is 410 g/mol. The first-order valence-electron chi connectivity index (χ1n) is 10.6. The summed E-state index contributed by atoms with van der Waals surface area (Å²) in [6.07, 6.45) is 3.58. The molecule has 0 saturated heterocycles. The van der Waals surface area contributed by atoms with Gasteiger partial charge in [-0.05, 0) is 62.1 Å². The first-order chi connectivity index (χ1) is 14.5. The van der Waals surface area contributed by atoms with Crippen LogP contribution in [0.1, 0.15) is 39.5 Å². The lowest BCUT2D eigenvalue weighted by atomic mass is 9.86. The zero-order valence-electron chi connectivity index (χ0n) is 17.6. The number of carbonyl (C=O) groups is 2. The molecule has 3 rings (SSSR count). The van der Waals surface area contributed by atoms with Gasteiger partial charge in [-0.25, -0.2) is 4.79 Å². The molecule has 0 heterocycles. The molecular weight excluding hydrogens is 380 g/mol. The molecule has 1 amide bonds. The summed E-state index contributed by atoms with van der Waals surface area (Å²) in [4.78, 5) is 24.4. The van der Waals surface area contributed by atoms with E-state index in [0.717, 1.165) is 30.6 Å². The summed E-state index contributed by atoms with van der Waals surface area (Å²) in [7, 11) is 0. The van der Waals surface area contributed by atoms with Gasteiger partial charge in [-0.15, -0.1) is 0 Å². The van der Waals surface area contributed by atoms with Crippen molar-refractivity contribution in [2.45, 2.75) is 51.7 Å². The molecule has 0 aliphatic heterocycles. The highest BCUT2D eigenvalue weighted by Gasteiger charge is 2.26. The van der Waals surface area contributed by atoms with Crippen molar-refractivity contribution in [3.8, 4) is 5.75 Å². The molecule has 0 bridgehead atoms. The lowest BCUT2D eigenvalue weighted by molar-refractivity contribution is -0.157. The Balaban J connectivity index is 1.40. The van der Waals surface area contributed by atoms with Gasteiger partial charge in [0.1, 0.15) is 5.75 Å². The number of esters is 1. The highest BCUT2D eigenvalue weighted by atomic mass is 16.6. The first-order valence-corrected chi connectivity index (χ1v) is 10.6. The Morgan fingerprint density at radius 2 is 1.67 bits per heavy atom. The maximum absolute atomic E-state index is 12.3. The predicted octanol–water partition coefficient (Wildman–Crippen LogP) is 4.44. The van der Waals surface area contributed by atoms with Crippen molar-refractivity contribution in [2.24, 2.45) is 5.92 Å². The van der Waals surface area contributed by atoms with Crippen LogP contribution >= 0.6 is 0 Å². The van der Waals surface area contributed by atoms with Gasteiger partial charge in [0.2, 0.25) is 0 Å². The van der Waals surface area contributed by atoms with E-state index < -0.39 is 12.1 Å². The quantitative estimate of drug-likeness (QED) is 0.630. The predicted molar refractivity (Wildman–Crippen MR) is 117 cm³/mol. The van der Waals surface area contributed by atoms with E-state index in [4.69, 9.17) is 9.47 Å². The second kappa shape index (κ2) is 10.7. The standard InChI is InChI=1S/C24H30N2O4/c1-17-8-6-7-11-22(17)26-24(28)18(2)30-23(27)16-29-21-14-12-20(13-15-21)25-19-9-4-3-5-10-19/h3-5,9-10,12-15,17-18,22,25H,6-8,11,16H2,1-2H3,(H,26,28)/t17-,18-,22+/m1/s1. The number of ether oxygens (including phenoxy) is 2. The number of rotatable bonds is 8. The van der Waals surface area contributed by atoms with Crippen LogP contribution in [0.15, 0.2) is 54.6 Å².